The van der Waals surface area contributed by atoms with Crippen LogP contribution < -0.4 is 10.6 Å². The number of amides is 1. The second kappa shape index (κ2) is 6.95. The number of hydrogen-bond acceptors (Lipinski definition) is 8. The standard InChI is InChI=1S/C17H21N7O3/c1-10-9-27-5-4-24(10)15-12-2-3-23(17(25)26)8-13(12)21-14(22-15)11-6-19-16(18)20-7-11/h6-7,10H,2-5,8-9H2,1H3,(H,25,26)(H2,18,19,20). The van der Waals surface area contributed by atoms with E-state index >= 15 is 0 Å². The van der Waals surface area contributed by atoms with Crippen LogP contribution in [0.5, 0.6) is 0 Å². The summed E-state index contributed by atoms with van der Waals surface area (Å²) in [7, 11) is 0. The Morgan fingerprint density at radius 3 is 2.78 bits per heavy atom. The topological polar surface area (TPSA) is 131 Å². The minimum absolute atomic E-state index is 0.172. The highest BCUT2D eigenvalue weighted by Crippen LogP contribution is 2.31. The molecule has 10 heteroatoms. The lowest BCUT2D eigenvalue weighted by molar-refractivity contribution is 0.0983. The summed E-state index contributed by atoms with van der Waals surface area (Å²) in [5.74, 6) is 1.48. The average molecular weight is 371 g/mol. The Morgan fingerprint density at radius 1 is 1.30 bits per heavy atom. The van der Waals surface area contributed by atoms with Gasteiger partial charge in [-0.05, 0) is 13.3 Å². The molecule has 1 atom stereocenters. The predicted molar refractivity (Wildman–Crippen MR) is 97.2 cm³/mol. The lowest BCUT2D eigenvalue weighted by atomic mass is 10.0. The van der Waals surface area contributed by atoms with Gasteiger partial charge in [0.1, 0.15) is 5.82 Å². The van der Waals surface area contributed by atoms with Gasteiger partial charge in [0.05, 0.1) is 37.1 Å². The molecule has 1 amide bonds. The number of nitrogens with zero attached hydrogens (tertiary/aromatic N) is 6. The molecule has 1 unspecified atom stereocenters. The minimum Gasteiger partial charge on any atom is -0.465 e. The van der Waals surface area contributed by atoms with Crippen LogP contribution in [-0.4, -0.2) is 68.4 Å². The zero-order valence-electron chi connectivity index (χ0n) is 15.0. The number of carbonyl (C=O) groups is 1. The van der Waals surface area contributed by atoms with Gasteiger partial charge in [-0.15, -0.1) is 0 Å². The van der Waals surface area contributed by atoms with Crippen LogP contribution in [0.3, 0.4) is 0 Å². The van der Waals surface area contributed by atoms with Crippen molar-refractivity contribution in [2.45, 2.75) is 25.9 Å². The molecule has 1 saturated heterocycles. The fourth-order valence-corrected chi connectivity index (χ4v) is 3.44. The first-order valence-corrected chi connectivity index (χ1v) is 8.83. The fourth-order valence-electron chi connectivity index (χ4n) is 3.44. The van der Waals surface area contributed by atoms with Gasteiger partial charge in [0.25, 0.3) is 0 Å². The Kier molecular flexibility index (Phi) is 4.48. The zero-order valence-corrected chi connectivity index (χ0v) is 15.0. The molecule has 0 radical (unpaired) electrons. The summed E-state index contributed by atoms with van der Waals surface area (Å²) < 4.78 is 5.55. The molecule has 4 heterocycles. The summed E-state index contributed by atoms with van der Waals surface area (Å²) in [6, 6.07) is 0.172. The van der Waals surface area contributed by atoms with Crippen molar-refractivity contribution in [3.8, 4) is 11.4 Å². The van der Waals surface area contributed by atoms with Crippen molar-refractivity contribution >= 4 is 17.9 Å². The highest BCUT2D eigenvalue weighted by atomic mass is 16.5. The van der Waals surface area contributed by atoms with E-state index in [-0.39, 0.29) is 18.5 Å². The third kappa shape index (κ3) is 3.35. The number of aromatic nitrogens is 4. The number of ether oxygens (including phenoxy) is 1. The predicted octanol–water partition coefficient (Wildman–Crippen LogP) is 0.777. The molecule has 142 valence electrons. The molecule has 27 heavy (non-hydrogen) atoms. The Hall–Kier alpha value is -3.01. The lowest BCUT2D eigenvalue weighted by Gasteiger charge is -2.37. The van der Waals surface area contributed by atoms with E-state index in [0.29, 0.717) is 37.6 Å². The first-order valence-electron chi connectivity index (χ1n) is 8.83. The molecule has 2 aromatic rings. The Morgan fingerprint density at radius 2 is 2.07 bits per heavy atom. The van der Waals surface area contributed by atoms with Crippen LogP contribution >= 0.6 is 0 Å². The molecule has 0 aliphatic carbocycles. The van der Waals surface area contributed by atoms with Crippen LogP contribution in [0.25, 0.3) is 11.4 Å². The molecule has 1 fully saturated rings. The van der Waals surface area contributed by atoms with Crippen LogP contribution in [-0.2, 0) is 17.7 Å². The minimum atomic E-state index is -0.946. The van der Waals surface area contributed by atoms with Crippen molar-refractivity contribution in [3.63, 3.8) is 0 Å². The van der Waals surface area contributed by atoms with E-state index in [1.807, 2.05) is 0 Å². The van der Waals surface area contributed by atoms with Gasteiger partial charge in [0.2, 0.25) is 5.95 Å². The highest BCUT2D eigenvalue weighted by Gasteiger charge is 2.30. The number of nitrogen functional groups attached to an aromatic ring is 1. The van der Waals surface area contributed by atoms with Gasteiger partial charge in [-0.1, -0.05) is 0 Å². The summed E-state index contributed by atoms with van der Waals surface area (Å²) in [4.78, 5) is 32.5. The van der Waals surface area contributed by atoms with Crippen LogP contribution in [0.15, 0.2) is 12.4 Å². The van der Waals surface area contributed by atoms with Gasteiger partial charge < -0.3 is 25.4 Å². The van der Waals surface area contributed by atoms with Crippen LogP contribution in [0.2, 0.25) is 0 Å². The molecule has 10 nitrogen and oxygen atoms in total. The van der Waals surface area contributed by atoms with Gasteiger partial charge >= 0.3 is 6.09 Å². The molecule has 2 aliphatic rings. The molecule has 0 saturated carbocycles. The molecule has 0 aromatic carbocycles. The summed E-state index contributed by atoms with van der Waals surface area (Å²) in [5.41, 5.74) is 7.94. The number of carboxylic acid groups (broad SMARTS) is 1. The van der Waals surface area contributed by atoms with E-state index in [1.54, 1.807) is 12.4 Å². The maximum Gasteiger partial charge on any atom is 0.407 e. The largest absolute Gasteiger partial charge is 0.465 e. The third-order valence-electron chi connectivity index (χ3n) is 4.88. The van der Waals surface area contributed by atoms with Crippen molar-refractivity contribution in [1.82, 2.24) is 24.8 Å². The van der Waals surface area contributed by atoms with Gasteiger partial charge in [-0.3, -0.25) is 0 Å². The van der Waals surface area contributed by atoms with Gasteiger partial charge in [-0.25, -0.2) is 24.7 Å². The van der Waals surface area contributed by atoms with E-state index in [2.05, 4.69) is 26.8 Å². The second-order valence-corrected chi connectivity index (χ2v) is 6.70. The Bertz CT molecular complexity index is 858. The monoisotopic (exact) mass is 371 g/mol. The number of hydrogen-bond donors (Lipinski definition) is 2. The molecular formula is C17H21N7O3. The molecule has 3 N–H and O–H groups in total. The SMILES string of the molecule is CC1COCCN1c1nc(-c2cnc(N)nc2)nc2c1CCN(C(=O)O)C2. The van der Waals surface area contributed by atoms with Gasteiger partial charge in [-0.2, -0.15) is 0 Å². The molecule has 2 aromatic heterocycles. The van der Waals surface area contributed by atoms with Crippen molar-refractivity contribution in [2.24, 2.45) is 0 Å². The first-order chi connectivity index (χ1) is 13.0. The maximum atomic E-state index is 11.4. The molecule has 0 spiro atoms. The number of anilines is 2. The van der Waals surface area contributed by atoms with E-state index in [1.165, 1.54) is 4.90 Å². The number of fused-ring (bicyclic) bond motifs is 1. The van der Waals surface area contributed by atoms with E-state index < -0.39 is 6.09 Å². The molecule has 2 aliphatic heterocycles. The van der Waals surface area contributed by atoms with Gasteiger partial charge in [0.15, 0.2) is 5.82 Å². The zero-order chi connectivity index (χ0) is 19.0. The number of nitrogens with two attached hydrogens (primary N) is 1. The third-order valence-corrected chi connectivity index (χ3v) is 4.88. The normalized spacial score (nSPS) is 19.7. The van der Waals surface area contributed by atoms with Gasteiger partial charge in [0, 0.05) is 31.0 Å². The summed E-state index contributed by atoms with van der Waals surface area (Å²) in [6.07, 6.45) is 2.79. The van der Waals surface area contributed by atoms with Crippen molar-refractivity contribution in [3.05, 3.63) is 23.7 Å². The van der Waals surface area contributed by atoms with E-state index in [0.717, 1.165) is 23.6 Å². The van der Waals surface area contributed by atoms with Crippen LogP contribution in [0.1, 0.15) is 18.2 Å². The van der Waals surface area contributed by atoms with Crippen molar-refractivity contribution < 1.29 is 14.6 Å². The Labute approximate surface area is 156 Å². The quantitative estimate of drug-likeness (QED) is 0.786. The molecule has 4 rings (SSSR count). The second-order valence-electron chi connectivity index (χ2n) is 6.70. The number of rotatable bonds is 2. The first kappa shape index (κ1) is 17.4. The van der Waals surface area contributed by atoms with E-state index in [4.69, 9.17) is 15.5 Å². The average Bonchev–Trinajstić information content (AvgIpc) is 2.67. The maximum absolute atomic E-state index is 11.4. The summed E-state index contributed by atoms with van der Waals surface area (Å²) >= 11 is 0. The highest BCUT2D eigenvalue weighted by molar-refractivity contribution is 5.67. The smallest absolute Gasteiger partial charge is 0.407 e. The lowest BCUT2D eigenvalue weighted by Crippen LogP contribution is -2.45. The summed E-state index contributed by atoms with van der Waals surface area (Å²) in [5, 5.41) is 9.36. The van der Waals surface area contributed by atoms with Crippen LogP contribution in [0.4, 0.5) is 16.6 Å². The molecule has 0 bridgehead atoms. The van der Waals surface area contributed by atoms with E-state index in [9.17, 15) is 9.90 Å². The Balaban J connectivity index is 1.81. The summed E-state index contributed by atoms with van der Waals surface area (Å²) in [6.45, 7) is 4.74. The van der Waals surface area contributed by atoms with Crippen molar-refractivity contribution in [1.29, 1.82) is 0 Å². The fraction of sp³-hybridized carbons (Fsp3) is 0.471. The number of morpholine rings is 1. The van der Waals surface area contributed by atoms with Crippen LogP contribution in [0, 0.1) is 0 Å². The molecular weight excluding hydrogens is 350 g/mol. The van der Waals surface area contributed by atoms with Crippen molar-refractivity contribution in [2.75, 3.05) is 36.9 Å².